The first-order valence-electron chi connectivity index (χ1n) is 7.62. The molecule has 126 valence electrons. The average Bonchev–Trinajstić information content (AvgIpc) is 3.12. The van der Waals surface area contributed by atoms with Gasteiger partial charge < -0.3 is 4.74 Å². The third-order valence-electron chi connectivity index (χ3n) is 3.73. The van der Waals surface area contributed by atoms with E-state index in [-0.39, 0.29) is 12.0 Å². The lowest BCUT2D eigenvalue weighted by Gasteiger charge is -2.33. The maximum absolute atomic E-state index is 13.0. The van der Waals surface area contributed by atoms with Gasteiger partial charge in [-0.1, -0.05) is 11.6 Å². The van der Waals surface area contributed by atoms with Gasteiger partial charge in [-0.05, 0) is 25.1 Å². The zero-order valence-electron chi connectivity index (χ0n) is 13.2. The van der Waals surface area contributed by atoms with Crippen LogP contribution in [0.3, 0.4) is 0 Å². The van der Waals surface area contributed by atoms with E-state index in [9.17, 15) is 4.79 Å². The maximum atomic E-state index is 13.0. The monoisotopic (exact) mass is 372 g/mol. The number of halogens is 1. The summed E-state index contributed by atoms with van der Waals surface area (Å²) < 4.78 is 5.79. The van der Waals surface area contributed by atoms with Crippen LogP contribution >= 0.6 is 22.9 Å². The molecule has 0 bridgehead atoms. The summed E-state index contributed by atoms with van der Waals surface area (Å²) in [5, 5.41) is 2.94. The summed E-state index contributed by atoms with van der Waals surface area (Å²) in [5.41, 5.74) is 1.67. The summed E-state index contributed by atoms with van der Waals surface area (Å²) in [4.78, 5) is 27.3. The van der Waals surface area contributed by atoms with Gasteiger partial charge in [-0.25, -0.2) is 4.98 Å². The Morgan fingerprint density at radius 3 is 3.08 bits per heavy atom. The Balaban J connectivity index is 1.68. The Kier molecular flexibility index (Phi) is 4.10. The minimum Gasteiger partial charge on any atom is -0.487 e. The molecule has 0 saturated carbocycles. The van der Waals surface area contributed by atoms with Crippen molar-refractivity contribution in [2.45, 2.75) is 13.0 Å². The predicted molar refractivity (Wildman–Crippen MR) is 96.4 cm³/mol. The van der Waals surface area contributed by atoms with E-state index in [1.165, 1.54) is 11.3 Å². The number of thiazole rings is 1. The van der Waals surface area contributed by atoms with Gasteiger partial charge in [-0.2, -0.15) is 0 Å². The molecule has 1 aromatic carbocycles. The molecule has 1 aliphatic heterocycles. The number of nitrogens with zero attached hydrogens (tertiary/aromatic N) is 4. The Hall–Kier alpha value is -2.51. The summed E-state index contributed by atoms with van der Waals surface area (Å²) in [6.45, 7) is 2.36. The summed E-state index contributed by atoms with van der Waals surface area (Å²) in [5.74, 6) is 0.450. The van der Waals surface area contributed by atoms with Crippen LogP contribution in [0.2, 0.25) is 5.02 Å². The van der Waals surface area contributed by atoms with Crippen molar-refractivity contribution in [3.05, 3.63) is 52.9 Å². The number of rotatable bonds is 2. The second kappa shape index (κ2) is 6.42. The number of carbonyl (C=O) groups excluding carboxylic acids is 1. The van der Waals surface area contributed by atoms with Gasteiger partial charge in [0.15, 0.2) is 0 Å². The van der Waals surface area contributed by atoms with Gasteiger partial charge in [-0.15, -0.1) is 11.3 Å². The fraction of sp³-hybridized carbons (Fsp3) is 0.176. The topological polar surface area (TPSA) is 68.2 Å². The predicted octanol–water partition coefficient (Wildman–Crippen LogP) is 3.68. The molecule has 0 saturated heterocycles. The second-order valence-electron chi connectivity index (χ2n) is 5.58. The zero-order valence-corrected chi connectivity index (χ0v) is 14.8. The largest absolute Gasteiger partial charge is 0.487 e. The number of benzene rings is 1. The Morgan fingerprint density at radius 1 is 1.40 bits per heavy atom. The molecule has 0 aliphatic carbocycles. The van der Waals surface area contributed by atoms with Crippen molar-refractivity contribution in [2.24, 2.45) is 0 Å². The van der Waals surface area contributed by atoms with Crippen LogP contribution in [0, 0.1) is 0 Å². The van der Waals surface area contributed by atoms with E-state index in [2.05, 4.69) is 15.0 Å². The first-order valence-corrected chi connectivity index (χ1v) is 8.87. The van der Waals surface area contributed by atoms with Crippen molar-refractivity contribution >= 4 is 34.5 Å². The Bertz CT molecular complexity index is 931. The van der Waals surface area contributed by atoms with Crippen LogP contribution < -0.4 is 9.64 Å². The molecule has 1 atom stereocenters. The number of hydrogen-bond donors (Lipinski definition) is 0. The molecule has 4 rings (SSSR count). The molecule has 3 heterocycles. The molecule has 1 amide bonds. The van der Waals surface area contributed by atoms with Crippen molar-refractivity contribution < 1.29 is 9.53 Å². The van der Waals surface area contributed by atoms with Crippen molar-refractivity contribution in [2.75, 3.05) is 11.4 Å². The SMILES string of the molecule is C[C@@H]1CN(C(=O)c2csc(-c3cnccn3)n2)c2cc(Cl)ccc2O1. The van der Waals surface area contributed by atoms with Crippen LogP contribution in [0.1, 0.15) is 17.4 Å². The number of ether oxygens (including phenoxy) is 1. The van der Waals surface area contributed by atoms with Gasteiger partial charge in [0.25, 0.3) is 5.91 Å². The van der Waals surface area contributed by atoms with E-state index >= 15 is 0 Å². The van der Waals surface area contributed by atoms with E-state index in [0.29, 0.717) is 39.4 Å². The van der Waals surface area contributed by atoms with E-state index in [1.54, 1.807) is 47.1 Å². The fourth-order valence-electron chi connectivity index (χ4n) is 2.64. The van der Waals surface area contributed by atoms with Gasteiger partial charge in [0, 0.05) is 22.8 Å². The fourth-order valence-corrected chi connectivity index (χ4v) is 3.56. The summed E-state index contributed by atoms with van der Waals surface area (Å²) in [6.07, 6.45) is 4.70. The van der Waals surface area contributed by atoms with Gasteiger partial charge in [0.05, 0.1) is 18.4 Å². The van der Waals surface area contributed by atoms with Crippen molar-refractivity contribution in [3.63, 3.8) is 0 Å². The Morgan fingerprint density at radius 2 is 2.28 bits per heavy atom. The quantitative estimate of drug-likeness (QED) is 0.686. The van der Waals surface area contributed by atoms with Crippen LogP contribution in [-0.2, 0) is 0 Å². The minimum atomic E-state index is -0.190. The lowest BCUT2D eigenvalue weighted by molar-refractivity contribution is 0.0957. The van der Waals surface area contributed by atoms with Crippen LogP contribution in [0.5, 0.6) is 5.75 Å². The van der Waals surface area contributed by atoms with Crippen LogP contribution in [0.15, 0.2) is 42.2 Å². The molecule has 25 heavy (non-hydrogen) atoms. The number of anilines is 1. The number of amides is 1. The highest BCUT2D eigenvalue weighted by Gasteiger charge is 2.30. The third-order valence-corrected chi connectivity index (χ3v) is 4.83. The highest BCUT2D eigenvalue weighted by Crippen LogP contribution is 2.36. The molecule has 0 N–H and O–H groups in total. The number of fused-ring (bicyclic) bond motifs is 1. The third kappa shape index (κ3) is 3.08. The van der Waals surface area contributed by atoms with Crippen molar-refractivity contribution in [1.29, 1.82) is 0 Å². The molecule has 2 aromatic heterocycles. The summed E-state index contributed by atoms with van der Waals surface area (Å²) in [7, 11) is 0. The summed E-state index contributed by atoms with van der Waals surface area (Å²) in [6, 6.07) is 5.26. The lowest BCUT2D eigenvalue weighted by atomic mass is 10.2. The van der Waals surface area contributed by atoms with E-state index in [4.69, 9.17) is 16.3 Å². The Labute approximate surface area is 153 Å². The van der Waals surface area contributed by atoms with Crippen molar-refractivity contribution in [1.82, 2.24) is 15.0 Å². The number of aromatic nitrogens is 3. The average molecular weight is 373 g/mol. The first kappa shape index (κ1) is 16.0. The van der Waals surface area contributed by atoms with Gasteiger partial charge >= 0.3 is 0 Å². The molecular formula is C17H13ClN4O2S. The van der Waals surface area contributed by atoms with Crippen LogP contribution in [0.4, 0.5) is 5.69 Å². The van der Waals surface area contributed by atoms with Gasteiger partial charge in [0.2, 0.25) is 0 Å². The molecule has 6 nitrogen and oxygen atoms in total. The second-order valence-corrected chi connectivity index (χ2v) is 6.88. The molecule has 0 unspecified atom stereocenters. The summed E-state index contributed by atoms with van der Waals surface area (Å²) >= 11 is 7.45. The van der Waals surface area contributed by atoms with Crippen LogP contribution in [-0.4, -0.2) is 33.5 Å². The van der Waals surface area contributed by atoms with Crippen molar-refractivity contribution in [3.8, 4) is 16.5 Å². The molecule has 3 aromatic rings. The molecular weight excluding hydrogens is 360 g/mol. The molecule has 8 heteroatoms. The standard InChI is InChI=1S/C17H13ClN4O2S/c1-10-8-22(14-6-11(18)2-3-15(14)24-10)17(23)13-9-25-16(21-13)12-7-19-4-5-20-12/h2-7,9-10H,8H2,1H3/t10-/m1/s1. The van der Waals surface area contributed by atoms with Gasteiger partial charge in [0.1, 0.15) is 28.2 Å². The zero-order chi connectivity index (χ0) is 17.4. The molecule has 1 aliphatic rings. The van der Waals surface area contributed by atoms with Gasteiger partial charge in [-0.3, -0.25) is 19.7 Å². The number of hydrogen-bond acceptors (Lipinski definition) is 6. The normalized spacial score (nSPS) is 16.2. The highest BCUT2D eigenvalue weighted by atomic mass is 35.5. The smallest absolute Gasteiger partial charge is 0.278 e. The highest BCUT2D eigenvalue weighted by molar-refractivity contribution is 7.13. The van der Waals surface area contributed by atoms with Crippen LogP contribution in [0.25, 0.3) is 10.7 Å². The van der Waals surface area contributed by atoms with E-state index in [0.717, 1.165) is 0 Å². The maximum Gasteiger partial charge on any atom is 0.278 e. The molecule has 0 radical (unpaired) electrons. The number of carbonyl (C=O) groups is 1. The lowest BCUT2D eigenvalue weighted by Crippen LogP contribution is -2.42. The molecule has 0 spiro atoms. The van der Waals surface area contributed by atoms with E-state index in [1.807, 2.05) is 6.92 Å². The minimum absolute atomic E-state index is 0.115. The van der Waals surface area contributed by atoms with E-state index < -0.39 is 0 Å². The first-order chi connectivity index (χ1) is 12.1. The molecule has 0 fully saturated rings.